The molecule has 8 aliphatic heterocycles. The number of hydrogen-bond donors (Lipinski definition) is 12. The fourth-order valence-electron chi connectivity index (χ4n) is 18.3. The van der Waals surface area contributed by atoms with E-state index in [0.717, 1.165) is 32.7 Å². The second-order valence-electron chi connectivity index (χ2n) is 39.5. The number of piperazine rings is 2. The Morgan fingerprint density at radius 3 is 1.55 bits per heavy atom. The number of ketones is 1. The van der Waals surface area contributed by atoms with Crippen LogP contribution in [0.15, 0.2) is 126 Å². The quantitative estimate of drug-likeness (QED) is 0.0305. The summed E-state index contributed by atoms with van der Waals surface area (Å²) in [7, 11) is -2.43. The molecule has 2 amide bonds. The van der Waals surface area contributed by atoms with E-state index < -0.39 is 113 Å². The van der Waals surface area contributed by atoms with Crippen molar-refractivity contribution >= 4 is 115 Å². The molecule has 18 atom stereocenters. The maximum atomic E-state index is 14.8. The number of anilines is 3. The third kappa shape index (κ3) is 20.1. The first-order valence-electron chi connectivity index (χ1n) is 46.5. The predicted octanol–water partition coefficient (Wildman–Crippen LogP) is 13.6. The summed E-state index contributed by atoms with van der Waals surface area (Å²) < 4.78 is 44.6. The van der Waals surface area contributed by atoms with Gasteiger partial charge in [-0.2, -0.15) is 0 Å². The number of phenolic OH excluding ortho intramolecular Hbond substituents is 2. The van der Waals surface area contributed by atoms with Crippen LogP contribution in [0.1, 0.15) is 153 Å². The van der Waals surface area contributed by atoms with Crippen LogP contribution in [0.25, 0.3) is 71.7 Å². The van der Waals surface area contributed by atoms with Crippen molar-refractivity contribution in [3.8, 4) is 28.7 Å². The standard InChI is InChI=1S/C48H60N4O11.C48H62N2O10Si.C6H14N2O/c1-23-13-20-61-48(9)46(59)36-34-35(42(57)30(8)44(36)63-48)43(58)39(50-47(60)25(3)12-10-11-24(2)40(55)29(7)41(56)28(6)27(5)26(23)4)45-38(34)49-37-32(54)21-31(22-33(37)62-45)52-16-14-51(15-17-52)18-19-53;1-23-21-22-57-48(12)45(55)35-33-34(41(53)30(8)43(35)59-48)42(54)38(44-37(33)49-36-31(58-44)19-16-20-32(36)60-61(13,14)47(9,10)11)50-46(56)25(3)18-15-17-24(2)39(51)29(7)40(52)28(6)27(5)26(23)4;9-6-5-8-3-1-7-2-4-8/h10-13,20-24,26-29,40-41,53,55-57,59H,14-19H2,1-9H3,(H,50,60);15-24,26-29,39-40,51-52,54H,1-14H3,(H,50,56);7,9H,1-6H2/b11-10+,20-13+,25-12-;17-15+,22-21+,25-18-;/t23-,24-,26+,27+,28-,29+,40-,41-,48-;23-,24-,26+,27+,28-,29+,39-,40-,48-;/m00./s1. The Labute approximate surface area is 776 Å². The van der Waals surface area contributed by atoms with Crippen LogP contribution < -0.4 is 56.3 Å². The van der Waals surface area contributed by atoms with Gasteiger partial charge < -0.3 is 99.0 Å². The number of nitrogens with zero attached hydrogens (tertiary/aromatic N) is 5. The molecule has 10 heterocycles. The molecule has 8 aromatic rings. The van der Waals surface area contributed by atoms with Gasteiger partial charge in [-0.25, -0.2) is 9.97 Å². The molecule has 133 heavy (non-hydrogen) atoms. The second-order valence-corrected chi connectivity index (χ2v) is 44.2. The summed E-state index contributed by atoms with van der Waals surface area (Å²) in [6, 6.07) is 8.34. The van der Waals surface area contributed by atoms with E-state index in [1.165, 1.54) is 52.4 Å². The normalized spacial score (nSPS) is 30.0. The number of aromatic hydroxyl groups is 2. The number of hydrogen-bond acceptors (Lipinski definition) is 28. The first kappa shape index (κ1) is 101. The van der Waals surface area contributed by atoms with Crippen molar-refractivity contribution in [1.29, 1.82) is 0 Å². The van der Waals surface area contributed by atoms with Crippen molar-refractivity contribution in [3.63, 3.8) is 0 Å². The number of para-hydroxylation sites is 1. The number of ether oxygens (including phenoxy) is 4. The third-order valence-electron chi connectivity index (χ3n) is 29.6. The summed E-state index contributed by atoms with van der Waals surface area (Å²) in [5.74, 6) is -8.85. The molecule has 30 nitrogen and oxygen atoms in total. The van der Waals surface area contributed by atoms with E-state index in [-0.39, 0.29) is 181 Å². The second kappa shape index (κ2) is 40.5. The lowest BCUT2D eigenvalue weighted by atomic mass is 9.72. The van der Waals surface area contributed by atoms with Gasteiger partial charge in [0.15, 0.2) is 44.8 Å². The Morgan fingerprint density at radius 2 is 1.01 bits per heavy atom. The van der Waals surface area contributed by atoms with Crippen LogP contribution in [0.3, 0.4) is 0 Å². The van der Waals surface area contributed by atoms with Gasteiger partial charge in [0.1, 0.15) is 50.9 Å². The van der Waals surface area contributed by atoms with Gasteiger partial charge in [-0.1, -0.05) is 146 Å². The monoisotopic (exact) mass is 1850 g/mol. The molecule has 0 aliphatic carbocycles. The molecule has 6 aromatic carbocycles. The molecule has 720 valence electrons. The highest BCUT2D eigenvalue weighted by Crippen LogP contribution is 2.51. The molecule has 2 saturated heterocycles. The number of Topliss-reactive ketones (excluding diaryl/α,β-unsaturated/α-hetero) is 1. The van der Waals surface area contributed by atoms with Crippen LogP contribution in [-0.2, 0) is 19.1 Å². The summed E-state index contributed by atoms with van der Waals surface area (Å²) in [4.78, 5) is 102. The largest absolute Gasteiger partial charge is 0.542 e. The van der Waals surface area contributed by atoms with Crippen LogP contribution in [0.2, 0.25) is 18.1 Å². The van der Waals surface area contributed by atoms with Crippen LogP contribution in [0, 0.1) is 84.9 Å². The summed E-state index contributed by atoms with van der Waals surface area (Å²) in [6.07, 6.45) is 13.0. The predicted molar refractivity (Wildman–Crippen MR) is 521 cm³/mol. The molecular formula is C102H136N8O22Si. The third-order valence-corrected chi connectivity index (χ3v) is 34.0. The molecule has 0 radical (unpaired) electrons. The van der Waals surface area contributed by atoms with Crippen molar-refractivity contribution < 1.29 is 92.6 Å². The maximum absolute atomic E-state index is 14.8. The molecule has 0 unspecified atom stereocenters. The van der Waals surface area contributed by atoms with Gasteiger partial charge in [0.05, 0.1) is 71.7 Å². The van der Waals surface area contributed by atoms with Crippen molar-refractivity contribution in [2.45, 2.75) is 200 Å². The van der Waals surface area contributed by atoms with E-state index in [0.29, 0.717) is 56.3 Å². The molecular weight excluding hydrogens is 1720 g/mol. The molecule has 31 heteroatoms. The minimum absolute atomic E-state index is 0.00185. The van der Waals surface area contributed by atoms with Crippen LogP contribution >= 0.6 is 0 Å². The van der Waals surface area contributed by atoms with E-state index in [9.17, 15) is 69.6 Å². The molecule has 12 N–H and O–H groups in total. The fourth-order valence-corrected chi connectivity index (χ4v) is 19.4. The highest BCUT2D eigenvalue weighted by Gasteiger charge is 2.51. The van der Waals surface area contributed by atoms with Gasteiger partial charge in [0.2, 0.25) is 10.9 Å². The highest BCUT2D eigenvalue weighted by atomic mass is 28.4. The Hall–Kier alpha value is -10.6. The number of carbonyl (C=O) groups excluding carboxylic acids is 3. The van der Waals surface area contributed by atoms with E-state index >= 15 is 0 Å². The zero-order valence-electron chi connectivity index (χ0n) is 81.0. The lowest BCUT2D eigenvalue weighted by molar-refractivity contribution is -0.113. The average molecular weight is 1850 g/mol. The van der Waals surface area contributed by atoms with E-state index in [4.69, 9.17) is 47.3 Å². The molecule has 16 rings (SSSR count). The number of nitrogens with one attached hydrogen (secondary N) is 3. The van der Waals surface area contributed by atoms with Crippen LogP contribution in [0.4, 0.5) is 17.1 Å². The average Bonchev–Trinajstić information content (AvgIpc) is 1.57. The number of amides is 2. The number of phenols is 2. The summed E-state index contributed by atoms with van der Waals surface area (Å²) in [5, 5.41) is 107. The van der Waals surface area contributed by atoms with Gasteiger partial charge in [-0.3, -0.25) is 38.6 Å². The molecule has 10 bridgehead atoms. The number of fused-ring (bicyclic) bond motifs is 28. The zero-order chi connectivity index (χ0) is 97.6. The van der Waals surface area contributed by atoms with Gasteiger partial charge in [-0.15, -0.1) is 0 Å². The van der Waals surface area contributed by atoms with Gasteiger partial charge in [-0.05, 0) is 117 Å². The van der Waals surface area contributed by atoms with Gasteiger partial charge in [0.25, 0.3) is 25.9 Å². The summed E-state index contributed by atoms with van der Waals surface area (Å²) in [5.41, 5.74) is -1.24. The molecule has 2 aromatic heterocycles. The number of aliphatic hydroxyl groups excluding tert-OH is 7. The lowest BCUT2D eigenvalue weighted by Crippen LogP contribution is -2.47. The first-order valence-corrected chi connectivity index (χ1v) is 49.4. The number of carbonyl (C=O) groups is 3. The van der Waals surface area contributed by atoms with Crippen LogP contribution in [0.5, 0.6) is 28.7 Å². The van der Waals surface area contributed by atoms with E-state index in [1.54, 1.807) is 68.5 Å². The van der Waals surface area contributed by atoms with Crippen molar-refractivity contribution in [2.24, 2.45) is 71.0 Å². The lowest BCUT2D eigenvalue weighted by Gasteiger charge is -2.36. The van der Waals surface area contributed by atoms with Crippen LogP contribution in [-0.4, -0.2) is 206 Å². The molecule has 0 saturated carbocycles. The number of allylic oxidation sites excluding steroid dienone is 6. The smallest absolute Gasteiger partial charge is 0.312 e. The Kier molecular flexibility index (Phi) is 30.9. The Bertz CT molecular complexity index is 6220. The SMILES string of the molecule is C/C1=C/C=C/[C@H](C)[C@H](O)[C@@H](C)[C@@H](O)[C@@H](C)[C@H](C)[C@H](C)[C@@H](C)/C=C/O[C@@]2(C)Oc3c(C)c(=O)c4c(O)c(c5oc6cccc(O[Si](C)(C)C(C)(C)C)c6nc5c4c3C2=O)NC1=O.C/C1=C/C=C/[C@H](C)[C@H](O)[C@@H](C)[C@@H](O)[C@@H](C)[C@H](C)[C@H](C)[C@@H](C)/C=C/O[C@@]2(C)Oc3c(C)c(O)c4c(=O)c(c5oc6cc(N7CCN(CCO)CC7)cc(=O)c6nc5c4c3=C2O)NC1=O.OCCN1CCNCC1. The minimum Gasteiger partial charge on any atom is -0.542 e. The summed E-state index contributed by atoms with van der Waals surface area (Å²) >= 11 is 0. The van der Waals surface area contributed by atoms with E-state index in [2.05, 4.69) is 87.3 Å². The summed E-state index contributed by atoms with van der Waals surface area (Å²) in [6.45, 7) is 51.8. The fraction of sp³-hybridized carbons (Fsp3) is 0.529. The Morgan fingerprint density at radius 1 is 0.519 bits per heavy atom. The Balaban J connectivity index is 0.000000219. The van der Waals surface area contributed by atoms with E-state index in [1.807, 2.05) is 72.4 Å². The van der Waals surface area contributed by atoms with Gasteiger partial charge in [0, 0.05) is 154 Å². The minimum atomic E-state index is -2.43. The first-order chi connectivity index (χ1) is 62.5. The number of rotatable bonds is 7. The number of β-amino-alcohol motifs (C(OH)–C–C–N with tert-alkyl or cyclic N) is 2. The van der Waals surface area contributed by atoms with Crippen molar-refractivity contribution in [2.75, 3.05) is 94.2 Å². The maximum Gasteiger partial charge on any atom is 0.312 e. The van der Waals surface area contributed by atoms with Gasteiger partial charge >= 0.3 is 11.6 Å². The molecule has 0 spiro atoms. The molecule has 2 fully saturated rings. The number of aromatic nitrogens is 2. The molecule has 8 aliphatic rings. The zero-order valence-corrected chi connectivity index (χ0v) is 82.0. The van der Waals surface area contributed by atoms with Crippen molar-refractivity contribution in [3.05, 3.63) is 155 Å². The number of aliphatic hydroxyl groups is 7. The highest BCUT2D eigenvalue weighted by molar-refractivity contribution is 6.74. The van der Waals surface area contributed by atoms with Crippen molar-refractivity contribution in [1.82, 2.24) is 25.1 Å². The topological polar surface area (TPSA) is 429 Å². The number of benzene rings is 6.